The number of non-ortho nitro benzene ring substituents is 1. The van der Waals surface area contributed by atoms with Gasteiger partial charge in [0.2, 0.25) is 5.88 Å². The molecule has 0 saturated carbocycles. The number of benzene rings is 2. The molecular weight excluding hydrogens is 400 g/mol. The minimum absolute atomic E-state index is 0.0110. The molecule has 0 aliphatic heterocycles. The van der Waals surface area contributed by atoms with E-state index in [9.17, 15) is 20.0 Å². The van der Waals surface area contributed by atoms with Gasteiger partial charge in [-0.3, -0.25) is 14.9 Å². The smallest absolute Gasteiger partial charge is 0.298 e. The minimum Gasteiger partial charge on any atom is -0.493 e. The van der Waals surface area contributed by atoms with Crippen molar-refractivity contribution in [3.63, 3.8) is 0 Å². The molecule has 1 amide bonds. The highest BCUT2D eigenvalue weighted by Gasteiger charge is 2.18. The molecule has 9 heteroatoms. The van der Waals surface area contributed by atoms with Crippen molar-refractivity contribution in [3.05, 3.63) is 87.4 Å². The Balaban J connectivity index is 1.70. The fraction of sp³-hybridized carbons (Fsp3) is 0.136. The van der Waals surface area contributed by atoms with Crippen LogP contribution in [0.25, 0.3) is 10.9 Å². The topological polar surface area (TPSA) is 123 Å². The number of para-hydroxylation sites is 1. The fourth-order valence-corrected chi connectivity index (χ4v) is 3.43. The van der Waals surface area contributed by atoms with Crippen molar-refractivity contribution < 1.29 is 19.2 Å². The molecule has 0 aliphatic rings. The molecular formula is C22H18N4O5. The lowest BCUT2D eigenvalue weighted by Crippen LogP contribution is -1.99. The number of rotatable bonds is 5. The van der Waals surface area contributed by atoms with E-state index in [1.807, 2.05) is 12.1 Å². The van der Waals surface area contributed by atoms with Gasteiger partial charge in [0, 0.05) is 17.5 Å². The normalized spacial score (nSPS) is 11.4. The van der Waals surface area contributed by atoms with Crippen molar-refractivity contribution in [3.8, 4) is 5.88 Å². The molecule has 0 atom stereocenters. The Hall–Kier alpha value is -4.27. The number of nitro groups is 1. The molecule has 0 aliphatic carbocycles. The number of hydrogen-bond donors (Lipinski definition) is 1. The Morgan fingerprint density at radius 2 is 1.87 bits per heavy atom. The van der Waals surface area contributed by atoms with Crippen molar-refractivity contribution in [1.29, 1.82) is 0 Å². The maximum absolute atomic E-state index is 12.4. The van der Waals surface area contributed by atoms with Crippen molar-refractivity contribution in [2.75, 3.05) is 0 Å². The average molecular weight is 418 g/mol. The van der Waals surface area contributed by atoms with Crippen LogP contribution in [0.3, 0.4) is 0 Å². The zero-order valence-corrected chi connectivity index (χ0v) is 16.8. The summed E-state index contributed by atoms with van der Waals surface area (Å²) in [6.07, 6.45) is 0. The van der Waals surface area contributed by atoms with Crippen LogP contribution < -0.4 is 0 Å². The van der Waals surface area contributed by atoms with E-state index in [0.717, 1.165) is 5.56 Å². The molecule has 2 heterocycles. The number of nitro benzene ring substituents is 1. The number of fused-ring (bicyclic) bond motifs is 1. The lowest BCUT2D eigenvalue weighted by molar-refractivity contribution is -0.384. The zero-order chi connectivity index (χ0) is 22.1. The lowest BCUT2D eigenvalue weighted by Gasteiger charge is -2.07. The standard InChI is InChI=1S/C22H18N4O5/c1-13-11-18(14(2)31-13)21(27)24-23-20-17-5-3-4-6-19(17)25(22(20)28)12-15-7-9-16(10-8-15)26(29)30/h3-11,28H,12H2,1-2H3. The number of azo groups is 1. The Morgan fingerprint density at radius 3 is 2.52 bits per heavy atom. The first kappa shape index (κ1) is 20.0. The zero-order valence-electron chi connectivity index (χ0n) is 16.8. The second-order valence-electron chi connectivity index (χ2n) is 7.03. The van der Waals surface area contributed by atoms with Crippen LogP contribution in [0.4, 0.5) is 11.4 Å². The van der Waals surface area contributed by atoms with Crippen molar-refractivity contribution in [2.24, 2.45) is 10.2 Å². The summed E-state index contributed by atoms with van der Waals surface area (Å²) in [5.74, 6) is 0.321. The maximum atomic E-state index is 12.4. The number of amides is 1. The number of furan rings is 1. The van der Waals surface area contributed by atoms with Crippen LogP contribution in [0.2, 0.25) is 0 Å². The largest absolute Gasteiger partial charge is 0.493 e. The third-order valence-corrected chi connectivity index (χ3v) is 4.92. The van der Waals surface area contributed by atoms with Gasteiger partial charge in [0.25, 0.3) is 11.6 Å². The summed E-state index contributed by atoms with van der Waals surface area (Å²) in [7, 11) is 0. The van der Waals surface area contributed by atoms with Gasteiger partial charge in [0.15, 0.2) is 5.69 Å². The Labute approximate surface area is 176 Å². The molecule has 156 valence electrons. The third-order valence-electron chi connectivity index (χ3n) is 4.92. The summed E-state index contributed by atoms with van der Waals surface area (Å²) < 4.78 is 6.97. The molecule has 0 saturated heterocycles. The van der Waals surface area contributed by atoms with Crippen LogP contribution >= 0.6 is 0 Å². The van der Waals surface area contributed by atoms with Crippen LogP contribution in [0.5, 0.6) is 5.88 Å². The number of aryl methyl sites for hydroxylation is 2. The Kier molecular flexibility index (Phi) is 5.08. The van der Waals surface area contributed by atoms with E-state index in [1.54, 1.807) is 48.7 Å². The second kappa shape index (κ2) is 7.86. The molecule has 0 fully saturated rings. The quantitative estimate of drug-likeness (QED) is 0.263. The molecule has 2 aromatic heterocycles. The van der Waals surface area contributed by atoms with E-state index < -0.39 is 10.8 Å². The predicted octanol–water partition coefficient (Wildman–Crippen LogP) is 5.44. The number of nitrogens with zero attached hydrogens (tertiary/aromatic N) is 4. The minimum atomic E-state index is -0.569. The highest BCUT2D eigenvalue weighted by Crippen LogP contribution is 2.39. The van der Waals surface area contributed by atoms with Crippen LogP contribution in [-0.4, -0.2) is 20.5 Å². The highest BCUT2D eigenvalue weighted by molar-refractivity contribution is 5.98. The van der Waals surface area contributed by atoms with E-state index in [2.05, 4.69) is 10.2 Å². The van der Waals surface area contributed by atoms with E-state index in [0.29, 0.717) is 28.0 Å². The van der Waals surface area contributed by atoms with Gasteiger partial charge in [-0.1, -0.05) is 30.3 Å². The molecule has 0 radical (unpaired) electrons. The molecule has 4 rings (SSSR count). The molecule has 9 nitrogen and oxygen atoms in total. The van der Waals surface area contributed by atoms with Gasteiger partial charge in [-0.25, -0.2) is 0 Å². The molecule has 4 aromatic rings. The van der Waals surface area contributed by atoms with E-state index in [-0.39, 0.29) is 23.8 Å². The van der Waals surface area contributed by atoms with Crippen molar-refractivity contribution in [2.45, 2.75) is 20.4 Å². The van der Waals surface area contributed by atoms with Gasteiger partial charge in [-0.15, -0.1) is 10.2 Å². The van der Waals surface area contributed by atoms with Gasteiger partial charge < -0.3 is 14.1 Å². The van der Waals surface area contributed by atoms with E-state index in [4.69, 9.17) is 4.42 Å². The number of aromatic hydroxyl groups is 1. The SMILES string of the molecule is Cc1cc(C(=O)N=Nc2c(O)n(Cc3ccc([N+](=O)[O-])cc3)c3ccccc23)c(C)o1. The number of carbonyl (C=O) groups is 1. The van der Waals surface area contributed by atoms with E-state index in [1.165, 1.54) is 12.1 Å². The third kappa shape index (κ3) is 3.80. The second-order valence-corrected chi connectivity index (χ2v) is 7.03. The van der Waals surface area contributed by atoms with Crippen LogP contribution in [0.1, 0.15) is 27.4 Å². The fourth-order valence-electron chi connectivity index (χ4n) is 3.43. The van der Waals surface area contributed by atoms with Crippen LogP contribution in [0.15, 0.2) is 69.2 Å². The lowest BCUT2D eigenvalue weighted by atomic mass is 10.2. The Morgan fingerprint density at radius 1 is 1.16 bits per heavy atom. The molecule has 2 aromatic carbocycles. The summed E-state index contributed by atoms with van der Waals surface area (Å²) in [6, 6.07) is 14.9. The highest BCUT2D eigenvalue weighted by atomic mass is 16.6. The molecule has 31 heavy (non-hydrogen) atoms. The first-order valence-electron chi connectivity index (χ1n) is 9.42. The number of carbonyl (C=O) groups excluding carboxylic acids is 1. The first-order chi connectivity index (χ1) is 14.8. The maximum Gasteiger partial charge on any atom is 0.298 e. The van der Waals surface area contributed by atoms with Gasteiger partial charge in [-0.2, -0.15) is 0 Å². The van der Waals surface area contributed by atoms with Crippen LogP contribution in [0, 0.1) is 24.0 Å². The predicted molar refractivity (Wildman–Crippen MR) is 113 cm³/mol. The van der Waals surface area contributed by atoms with Gasteiger partial charge in [0.05, 0.1) is 22.5 Å². The molecule has 0 unspecified atom stereocenters. The summed E-state index contributed by atoms with van der Waals surface area (Å²) >= 11 is 0. The summed E-state index contributed by atoms with van der Waals surface area (Å²) in [4.78, 5) is 22.8. The average Bonchev–Trinajstić information content (AvgIpc) is 3.23. The van der Waals surface area contributed by atoms with Crippen LogP contribution in [-0.2, 0) is 6.54 Å². The van der Waals surface area contributed by atoms with E-state index >= 15 is 0 Å². The summed E-state index contributed by atoms with van der Waals surface area (Å²) in [5.41, 5.74) is 1.92. The number of hydrogen-bond acceptors (Lipinski definition) is 6. The van der Waals surface area contributed by atoms with Gasteiger partial charge in [-0.05, 0) is 31.5 Å². The number of aromatic nitrogens is 1. The molecule has 0 spiro atoms. The van der Waals surface area contributed by atoms with Gasteiger partial charge in [0.1, 0.15) is 11.5 Å². The molecule has 1 N–H and O–H groups in total. The molecule has 0 bridgehead atoms. The summed E-state index contributed by atoms with van der Waals surface area (Å²) in [6.45, 7) is 3.66. The summed E-state index contributed by atoms with van der Waals surface area (Å²) in [5, 5.41) is 30.1. The monoisotopic (exact) mass is 418 g/mol. The Bertz CT molecular complexity index is 1330. The van der Waals surface area contributed by atoms with Crippen molar-refractivity contribution >= 4 is 28.2 Å². The van der Waals surface area contributed by atoms with Crippen molar-refractivity contribution in [1.82, 2.24) is 4.57 Å². The first-order valence-corrected chi connectivity index (χ1v) is 9.42. The van der Waals surface area contributed by atoms with Gasteiger partial charge >= 0.3 is 0 Å².